The Hall–Kier alpha value is -2.41. The number of carbonyl (C=O) groups is 3. The molecule has 2 aliphatic rings. The average Bonchev–Trinajstić information content (AvgIpc) is 2.58. The first-order valence-corrected chi connectivity index (χ1v) is 8.72. The second kappa shape index (κ2) is 7.65. The standard InChI is InChI=1S/C18H24N4O3/c19-16(23)11-22-9-7-13(8-10-22)12-1-3-14(4-2-12)20-15-5-6-17(24)21-18(15)25/h1-4,13,15,20H,5-11H2,(H2,19,23)(H,21,24,25). The van der Waals surface area contributed by atoms with E-state index in [-0.39, 0.29) is 23.8 Å². The smallest absolute Gasteiger partial charge is 0.249 e. The summed E-state index contributed by atoms with van der Waals surface area (Å²) in [7, 11) is 0. The maximum atomic E-state index is 11.8. The van der Waals surface area contributed by atoms with Gasteiger partial charge in [0.2, 0.25) is 17.7 Å². The number of nitrogens with two attached hydrogens (primary N) is 1. The first-order valence-electron chi connectivity index (χ1n) is 8.72. The Morgan fingerprint density at radius 3 is 2.44 bits per heavy atom. The fourth-order valence-electron chi connectivity index (χ4n) is 3.53. The SMILES string of the molecule is NC(=O)CN1CCC(c2ccc(NC3CCC(=O)NC3=O)cc2)CC1. The van der Waals surface area contributed by atoms with Crippen LogP contribution in [0.15, 0.2) is 24.3 Å². The molecule has 2 heterocycles. The van der Waals surface area contributed by atoms with E-state index < -0.39 is 0 Å². The Kier molecular flexibility index (Phi) is 5.33. The summed E-state index contributed by atoms with van der Waals surface area (Å²) in [5.74, 6) is -0.265. The minimum atomic E-state index is -0.361. The van der Waals surface area contributed by atoms with Gasteiger partial charge in [0.1, 0.15) is 6.04 Å². The second-order valence-corrected chi connectivity index (χ2v) is 6.79. The minimum Gasteiger partial charge on any atom is -0.374 e. The molecule has 4 N–H and O–H groups in total. The molecule has 2 fully saturated rings. The number of amides is 3. The zero-order valence-corrected chi connectivity index (χ0v) is 14.2. The van der Waals surface area contributed by atoms with Crippen LogP contribution in [0.25, 0.3) is 0 Å². The van der Waals surface area contributed by atoms with Crippen LogP contribution < -0.4 is 16.4 Å². The first kappa shape index (κ1) is 17.4. The van der Waals surface area contributed by atoms with Crippen LogP contribution in [0, 0.1) is 0 Å². The van der Waals surface area contributed by atoms with Crippen molar-refractivity contribution in [3.05, 3.63) is 29.8 Å². The lowest BCUT2D eigenvalue weighted by molar-refractivity contribution is -0.133. The number of benzene rings is 1. The van der Waals surface area contributed by atoms with Crippen molar-refractivity contribution in [3.63, 3.8) is 0 Å². The fourth-order valence-corrected chi connectivity index (χ4v) is 3.53. The number of nitrogens with one attached hydrogen (secondary N) is 2. The summed E-state index contributed by atoms with van der Waals surface area (Å²) >= 11 is 0. The van der Waals surface area contributed by atoms with E-state index in [4.69, 9.17) is 5.73 Å². The highest BCUT2D eigenvalue weighted by Gasteiger charge is 2.26. The van der Waals surface area contributed by atoms with Crippen LogP contribution >= 0.6 is 0 Å². The summed E-state index contributed by atoms with van der Waals surface area (Å²) in [6.45, 7) is 2.09. The molecule has 7 heteroatoms. The van der Waals surface area contributed by atoms with Gasteiger partial charge in [-0.3, -0.25) is 24.6 Å². The molecule has 134 valence electrons. The molecule has 25 heavy (non-hydrogen) atoms. The van der Waals surface area contributed by atoms with Crippen LogP contribution in [0.1, 0.15) is 37.2 Å². The van der Waals surface area contributed by atoms with Crippen LogP contribution in [-0.2, 0) is 14.4 Å². The molecule has 0 saturated carbocycles. The number of anilines is 1. The van der Waals surface area contributed by atoms with Crippen molar-refractivity contribution in [2.45, 2.75) is 37.6 Å². The Morgan fingerprint density at radius 1 is 1.16 bits per heavy atom. The van der Waals surface area contributed by atoms with Gasteiger partial charge in [0.15, 0.2) is 0 Å². The summed E-state index contributed by atoms with van der Waals surface area (Å²) < 4.78 is 0. The average molecular weight is 344 g/mol. The molecule has 2 aliphatic heterocycles. The summed E-state index contributed by atoms with van der Waals surface area (Å²) in [5.41, 5.74) is 7.40. The monoisotopic (exact) mass is 344 g/mol. The van der Waals surface area contributed by atoms with Crippen LogP contribution in [-0.4, -0.2) is 48.3 Å². The van der Waals surface area contributed by atoms with E-state index in [9.17, 15) is 14.4 Å². The van der Waals surface area contributed by atoms with E-state index in [0.717, 1.165) is 31.6 Å². The van der Waals surface area contributed by atoms with Crippen molar-refractivity contribution in [3.8, 4) is 0 Å². The van der Waals surface area contributed by atoms with E-state index in [1.807, 2.05) is 12.1 Å². The van der Waals surface area contributed by atoms with Crippen molar-refractivity contribution < 1.29 is 14.4 Å². The number of hydrogen-bond donors (Lipinski definition) is 3. The Labute approximate surface area is 146 Å². The molecule has 0 bridgehead atoms. The summed E-state index contributed by atoms with van der Waals surface area (Å²) in [5, 5.41) is 5.54. The maximum absolute atomic E-state index is 11.8. The molecule has 1 unspecified atom stereocenters. The van der Waals surface area contributed by atoms with Gasteiger partial charge in [0.05, 0.1) is 6.54 Å². The molecule has 1 aromatic rings. The minimum absolute atomic E-state index is 0.207. The lowest BCUT2D eigenvalue weighted by atomic mass is 9.89. The zero-order valence-electron chi connectivity index (χ0n) is 14.2. The van der Waals surface area contributed by atoms with Gasteiger partial charge in [-0.05, 0) is 56.0 Å². The van der Waals surface area contributed by atoms with Gasteiger partial charge in [-0.15, -0.1) is 0 Å². The van der Waals surface area contributed by atoms with E-state index >= 15 is 0 Å². The molecule has 1 atom stereocenters. The third-order valence-corrected chi connectivity index (χ3v) is 4.93. The van der Waals surface area contributed by atoms with Crippen molar-refractivity contribution in [2.75, 3.05) is 25.0 Å². The number of imide groups is 1. The van der Waals surface area contributed by atoms with Crippen LogP contribution in [0.4, 0.5) is 5.69 Å². The molecule has 3 amide bonds. The third-order valence-electron chi connectivity index (χ3n) is 4.93. The molecule has 1 aromatic carbocycles. The van der Waals surface area contributed by atoms with Gasteiger partial charge in [-0.25, -0.2) is 0 Å². The Morgan fingerprint density at radius 2 is 1.84 bits per heavy atom. The number of rotatable bonds is 5. The van der Waals surface area contributed by atoms with Gasteiger partial charge < -0.3 is 11.1 Å². The normalized spacial score (nSPS) is 22.5. The maximum Gasteiger partial charge on any atom is 0.249 e. The first-order chi connectivity index (χ1) is 12.0. The molecular weight excluding hydrogens is 320 g/mol. The zero-order chi connectivity index (χ0) is 17.8. The number of likely N-dealkylation sites (tertiary alicyclic amines) is 1. The summed E-state index contributed by atoms with van der Waals surface area (Å²) in [6, 6.07) is 7.77. The highest BCUT2D eigenvalue weighted by Crippen LogP contribution is 2.29. The van der Waals surface area contributed by atoms with Gasteiger partial charge in [-0.2, -0.15) is 0 Å². The lowest BCUT2D eigenvalue weighted by Crippen LogP contribution is -2.47. The predicted molar refractivity (Wildman–Crippen MR) is 93.8 cm³/mol. The summed E-state index contributed by atoms with van der Waals surface area (Å²) in [4.78, 5) is 36.1. The molecule has 0 aliphatic carbocycles. The van der Waals surface area contributed by atoms with Crippen molar-refractivity contribution in [2.24, 2.45) is 5.73 Å². The number of piperidine rings is 2. The number of hydrogen-bond acceptors (Lipinski definition) is 5. The van der Waals surface area contributed by atoms with Gasteiger partial charge in [0.25, 0.3) is 0 Å². The molecule has 0 radical (unpaired) electrons. The number of primary amides is 1. The summed E-state index contributed by atoms with van der Waals surface area (Å²) in [6.07, 6.45) is 2.90. The molecule has 0 aromatic heterocycles. The quantitative estimate of drug-likeness (QED) is 0.677. The topological polar surface area (TPSA) is 105 Å². The van der Waals surface area contributed by atoms with E-state index in [0.29, 0.717) is 25.3 Å². The molecule has 0 spiro atoms. The van der Waals surface area contributed by atoms with E-state index in [1.165, 1.54) is 5.56 Å². The van der Waals surface area contributed by atoms with Gasteiger partial charge in [0, 0.05) is 12.1 Å². The highest BCUT2D eigenvalue weighted by atomic mass is 16.2. The molecular formula is C18H24N4O3. The second-order valence-electron chi connectivity index (χ2n) is 6.79. The third kappa shape index (κ3) is 4.57. The van der Waals surface area contributed by atoms with Gasteiger partial charge >= 0.3 is 0 Å². The van der Waals surface area contributed by atoms with Crippen LogP contribution in [0.3, 0.4) is 0 Å². The van der Waals surface area contributed by atoms with Crippen LogP contribution in [0.5, 0.6) is 0 Å². The molecule has 3 rings (SSSR count). The van der Waals surface area contributed by atoms with E-state index in [2.05, 4.69) is 27.7 Å². The lowest BCUT2D eigenvalue weighted by Gasteiger charge is -2.31. The highest BCUT2D eigenvalue weighted by molar-refractivity contribution is 6.01. The fraction of sp³-hybridized carbons (Fsp3) is 0.500. The largest absolute Gasteiger partial charge is 0.374 e. The van der Waals surface area contributed by atoms with E-state index in [1.54, 1.807) is 0 Å². The molecule has 2 saturated heterocycles. The van der Waals surface area contributed by atoms with Crippen molar-refractivity contribution in [1.29, 1.82) is 0 Å². The number of nitrogens with zero attached hydrogens (tertiary/aromatic N) is 1. The Bertz CT molecular complexity index is 651. The molecule has 7 nitrogen and oxygen atoms in total. The Balaban J connectivity index is 1.53. The van der Waals surface area contributed by atoms with Crippen molar-refractivity contribution >= 4 is 23.4 Å². The van der Waals surface area contributed by atoms with Crippen molar-refractivity contribution in [1.82, 2.24) is 10.2 Å². The number of carbonyl (C=O) groups excluding carboxylic acids is 3. The van der Waals surface area contributed by atoms with Crippen LogP contribution in [0.2, 0.25) is 0 Å². The van der Waals surface area contributed by atoms with Gasteiger partial charge in [-0.1, -0.05) is 12.1 Å². The predicted octanol–water partition coefficient (Wildman–Crippen LogP) is 0.568.